The van der Waals surface area contributed by atoms with Gasteiger partial charge in [-0.15, -0.1) is 11.3 Å². The van der Waals surface area contributed by atoms with Crippen molar-refractivity contribution < 1.29 is 18.8 Å². The quantitative estimate of drug-likeness (QED) is 0.380. The minimum atomic E-state index is -1.05. The van der Waals surface area contributed by atoms with Gasteiger partial charge in [-0.05, 0) is 44.4 Å². The molecule has 132 valence electrons. The Balaban J connectivity index is 0.000000277. The van der Waals surface area contributed by atoms with Crippen LogP contribution >= 0.6 is 11.3 Å². The van der Waals surface area contributed by atoms with Gasteiger partial charge in [0.25, 0.3) is 0 Å². The van der Waals surface area contributed by atoms with Crippen molar-refractivity contribution in [1.29, 1.82) is 0 Å². The Labute approximate surface area is 148 Å². The first-order chi connectivity index (χ1) is 11.7. The number of thiophene rings is 1. The molecule has 3 heterocycles. The van der Waals surface area contributed by atoms with Crippen molar-refractivity contribution in [2.45, 2.75) is 32.2 Å². The van der Waals surface area contributed by atoms with Crippen LogP contribution in [0, 0.1) is 5.95 Å². The molecule has 0 bridgehead atoms. The number of ketones is 1. The highest BCUT2D eigenvalue weighted by molar-refractivity contribution is 7.12. The number of pyridine rings is 1. The Kier molecular flexibility index (Phi) is 5.63. The number of carbonyl (C=O) groups excluding carboxylic acids is 3. The van der Waals surface area contributed by atoms with Gasteiger partial charge in [-0.3, -0.25) is 14.4 Å². The van der Waals surface area contributed by atoms with Crippen LogP contribution in [0.15, 0.2) is 29.6 Å². The third-order valence-corrected chi connectivity index (χ3v) is 4.09. The van der Waals surface area contributed by atoms with Gasteiger partial charge in [-0.25, -0.2) is 4.98 Å². The molecule has 1 aliphatic heterocycles. The number of aromatic nitrogens is 1. The van der Waals surface area contributed by atoms with Crippen LogP contribution in [0.4, 0.5) is 10.1 Å². The molecule has 0 aliphatic carbocycles. The molecular formula is C17H18FN3O3S. The first-order valence-corrected chi connectivity index (χ1v) is 8.37. The van der Waals surface area contributed by atoms with E-state index in [0.29, 0.717) is 17.0 Å². The van der Waals surface area contributed by atoms with Crippen molar-refractivity contribution in [2.75, 3.05) is 5.32 Å². The van der Waals surface area contributed by atoms with Crippen LogP contribution in [0.3, 0.4) is 0 Å². The molecule has 0 saturated carbocycles. The maximum Gasteiger partial charge on any atom is 0.241 e. The molecule has 0 fully saturated rings. The van der Waals surface area contributed by atoms with Crippen LogP contribution in [0.1, 0.15) is 42.1 Å². The van der Waals surface area contributed by atoms with Crippen LogP contribution < -0.4 is 10.6 Å². The zero-order chi connectivity index (χ0) is 18.6. The van der Waals surface area contributed by atoms with Gasteiger partial charge in [-0.2, -0.15) is 4.39 Å². The van der Waals surface area contributed by atoms with Crippen LogP contribution in [0.25, 0.3) is 0 Å². The van der Waals surface area contributed by atoms with E-state index in [-0.39, 0.29) is 17.0 Å². The van der Waals surface area contributed by atoms with E-state index < -0.39 is 17.8 Å². The van der Waals surface area contributed by atoms with Crippen molar-refractivity contribution in [1.82, 2.24) is 10.3 Å². The normalized spacial score (nSPS) is 15.5. The number of carbonyl (C=O) groups is 3. The lowest BCUT2D eigenvalue weighted by atomic mass is 10.00. The highest BCUT2D eigenvalue weighted by Gasteiger charge is 2.38. The number of hydrogen-bond acceptors (Lipinski definition) is 5. The SMILES string of the molecule is CC(C)(C)NC=O.O=C1Nc2ccc(F)nc2C1C(=O)c1cccs1. The van der Waals surface area contributed by atoms with Crippen LogP contribution in [0.5, 0.6) is 0 Å². The summed E-state index contributed by atoms with van der Waals surface area (Å²) >= 11 is 1.25. The van der Waals surface area contributed by atoms with Crippen molar-refractivity contribution in [3.05, 3.63) is 46.2 Å². The molecule has 0 spiro atoms. The summed E-state index contributed by atoms with van der Waals surface area (Å²) in [6, 6.07) is 5.93. The average Bonchev–Trinajstić information content (AvgIpc) is 3.13. The number of fused-ring (bicyclic) bond motifs is 1. The fourth-order valence-electron chi connectivity index (χ4n) is 2.09. The van der Waals surface area contributed by atoms with Crippen molar-refractivity contribution >= 4 is 35.1 Å². The van der Waals surface area contributed by atoms with E-state index in [9.17, 15) is 18.8 Å². The van der Waals surface area contributed by atoms with Crippen LogP contribution in [-0.4, -0.2) is 28.6 Å². The molecule has 2 aromatic heterocycles. The number of nitrogens with zero attached hydrogens (tertiary/aromatic N) is 1. The lowest BCUT2D eigenvalue weighted by Crippen LogP contribution is -2.34. The fourth-order valence-corrected chi connectivity index (χ4v) is 2.78. The van der Waals surface area contributed by atoms with E-state index in [1.807, 2.05) is 20.8 Å². The van der Waals surface area contributed by atoms with Crippen LogP contribution in [-0.2, 0) is 9.59 Å². The standard InChI is InChI=1S/C12H7FN2O2S.C5H11NO/c13-8-4-3-6-10(15-8)9(12(17)14-6)11(16)7-2-1-5-18-7;1-5(2,3)6-4-7/h1-5,9H,(H,14,17);4H,1-3H3,(H,6,7). The third kappa shape index (κ3) is 4.69. The van der Waals surface area contributed by atoms with Crippen molar-refractivity contribution in [2.24, 2.45) is 0 Å². The number of anilines is 1. The molecule has 1 aliphatic rings. The summed E-state index contributed by atoms with van der Waals surface area (Å²) < 4.78 is 13.1. The summed E-state index contributed by atoms with van der Waals surface area (Å²) in [4.78, 5) is 37.8. The Hall–Kier alpha value is -2.61. The van der Waals surface area contributed by atoms with E-state index in [4.69, 9.17) is 0 Å². The Bertz CT molecular complexity index is 785. The van der Waals surface area contributed by atoms with E-state index >= 15 is 0 Å². The number of halogens is 1. The predicted molar refractivity (Wildman–Crippen MR) is 93.2 cm³/mol. The maximum absolute atomic E-state index is 13.1. The molecular weight excluding hydrogens is 345 g/mol. The Morgan fingerprint density at radius 3 is 2.60 bits per heavy atom. The van der Waals surface area contributed by atoms with E-state index in [1.165, 1.54) is 17.4 Å². The monoisotopic (exact) mass is 363 g/mol. The molecule has 1 unspecified atom stereocenters. The van der Waals surface area contributed by atoms with Crippen molar-refractivity contribution in [3.63, 3.8) is 0 Å². The van der Waals surface area contributed by atoms with Gasteiger partial charge in [-0.1, -0.05) is 6.07 Å². The largest absolute Gasteiger partial charge is 0.354 e. The zero-order valence-corrected chi connectivity index (χ0v) is 14.8. The summed E-state index contributed by atoms with van der Waals surface area (Å²) in [5.41, 5.74) is 0.497. The topological polar surface area (TPSA) is 88.2 Å². The summed E-state index contributed by atoms with van der Waals surface area (Å²) in [6.07, 6.45) is 0.708. The molecule has 2 aromatic rings. The molecule has 2 N–H and O–H groups in total. The Morgan fingerprint density at radius 2 is 2.08 bits per heavy atom. The average molecular weight is 363 g/mol. The summed E-state index contributed by atoms with van der Waals surface area (Å²) in [5.74, 6) is -2.55. The lowest BCUT2D eigenvalue weighted by Gasteiger charge is -2.15. The van der Waals surface area contributed by atoms with E-state index in [1.54, 1.807) is 17.5 Å². The van der Waals surface area contributed by atoms with Gasteiger partial charge in [0.2, 0.25) is 18.3 Å². The van der Waals surface area contributed by atoms with Crippen LogP contribution in [0.2, 0.25) is 0 Å². The minimum absolute atomic E-state index is 0.0677. The molecule has 2 amide bonds. The van der Waals surface area contributed by atoms with E-state index in [0.717, 1.165) is 6.07 Å². The van der Waals surface area contributed by atoms with Gasteiger partial charge in [0.05, 0.1) is 16.3 Å². The fraction of sp³-hybridized carbons (Fsp3) is 0.294. The first-order valence-electron chi connectivity index (χ1n) is 7.49. The summed E-state index contributed by atoms with van der Waals surface area (Å²) in [6.45, 7) is 5.80. The molecule has 0 aromatic carbocycles. The zero-order valence-electron chi connectivity index (χ0n) is 14.0. The molecule has 25 heavy (non-hydrogen) atoms. The number of Topliss-reactive ketones (excluding diaryl/α,β-unsaturated/α-hetero) is 1. The molecule has 1 atom stereocenters. The van der Waals surface area contributed by atoms with Gasteiger partial charge in [0, 0.05) is 5.54 Å². The molecule has 3 rings (SSSR count). The first kappa shape index (κ1) is 18.7. The van der Waals surface area contributed by atoms with Gasteiger partial charge in [0.1, 0.15) is 5.92 Å². The number of amides is 2. The van der Waals surface area contributed by atoms with E-state index in [2.05, 4.69) is 15.6 Å². The third-order valence-electron chi connectivity index (χ3n) is 3.20. The Morgan fingerprint density at radius 1 is 1.36 bits per heavy atom. The van der Waals surface area contributed by atoms with Gasteiger partial charge in [0.15, 0.2) is 5.78 Å². The lowest BCUT2D eigenvalue weighted by molar-refractivity contribution is -0.116. The number of hydrogen-bond donors (Lipinski definition) is 2. The molecule has 0 saturated heterocycles. The van der Waals surface area contributed by atoms with Gasteiger partial charge >= 0.3 is 0 Å². The second-order valence-electron chi connectivity index (χ2n) is 6.34. The molecule has 6 nitrogen and oxygen atoms in total. The number of nitrogens with one attached hydrogen (secondary N) is 2. The predicted octanol–water partition coefficient (Wildman–Crippen LogP) is 2.73. The molecule has 0 radical (unpaired) electrons. The second kappa shape index (κ2) is 7.52. The highest BCUT2D eigenvalue weighted by Crippen LogP contribution is 2.33. The molecule has 8 heteroatoms. The van der Waals surface area contributed by atoms with Gasteiger partial charge < -0.3 is 10.6 Å². The highest BCUT2D eigenvalue weighted by atomic mass is 32.1. The smallest absolute Gasteiger partial charge is 0.241 e. The second-order valence-corrected chi connectivity index (χ2v) is 7.29. The summed E-state index contributed by atoms with van der Waals surface area (Å²) in [5, 5.41) is 6.89. The summed E-state index contributed by atoms with van der Waals surface area (Å²) in [7, 11) is 0. The van der Waals surface area contributed by atoms with Crippen molar-refractivity contribution in [3.8, 4) is 0 Å². The minimum Gasteiger partial charge on any atom is -0.354 e. The number of rotatable bonds is 3. The maximum atomic E-state index is 13.1.